The molecule has 5 nitrogen and oxygen atoms in total. The van der Waals surface area contributed by atoms with Gasteiger partial charge in [0.05, 0.1) is 32.0 Å². The summed E-state index contributed by atoms with van der Waals surface area (Å²) in [4.78, 5) is 15.3. The van der Waals surface area contributed by atoms with Gasteiger partial charge in [0.15, 0.2) is 6.10 Å². The van der Waals surface area contributed by atoms with Crippen molar-refractivity contribution in [2.45, 2.75) is 69.6 Å². The van der Waals surface area contributed by atoms with Crippen molar-refractivity contribution in [1.82, 2.24) is 4.90 Å². The molecule has 1 aliphatic carbocycles. The van der Waals surface area contributed by atoms with Gasteiger partial charge in [0, 0.05) is 6.42 Å². The molecule has 6 heteroatoms. The first-order chi connectivity index (χ1) is 14.3. The number of rotatable bonds is 9. The second-order valence-corrected chi connectivity index (χ2v) is 9.37. The molecule has 3 aliphatic rings. The molecule has 0 radical (unpaired) electrons. The van der Waals surface area contributed by atoms with E-state index in [1.165, 1.54) is 32.1 Å². The third-order valence-electron chi connectivity index (χ3n) is 6.31. The van der Waals surface area contributed by atoms with E-state index >= 15 is 0 Å². The minimum absolute atomic E-state index is 0.0331. The molecule has 29 heavy (non-hydrogen) atoms. The number of carbonyl (C=O) groups is 1. The number of benzene rings is 1. The molecule has 1 aromatic carbocycles. The average molecular weight is 420 g/mol. The zero-order chi connectivity index (χ0) is 20.1. The molecule has 0 spiro atoms. The number of nitrogens with zero attached hydrogens (tertiary/aromatic N) is 1. The first kappa shape index (κ1) is 21.2. The molecular weight excluding hydrogens is 386 g/mol. The molecule has 3 fully saturated rings. The van der Waals surface area contributed by atoms with Crippen molar-refractivity contribution in [2.75, 3.05) is 25.2 Å². The molecule has 2 saturated heterocycles. The molecule has 0 aromatic heterocycles. The normalized spacial score (nSPS) is 29.9. The fourth-order valence-electron chi connectivity index (χ4n) is 4.69. The summed E-state index contributed by atoms with van der Waals surface area (Å²) in [5.41, 5.74) is 1.14. The van der Waals surface area contributed by atoms with E-state index in [0.717, 1.165) is 17.7 Å². The Labute approximate surface area is 178 Å². The Bertz CT molecular complexity index is 652. The topological polar surface area (TPSA) is 51.3 Å². The Balaban J connectivity index is 1.35. The lowest BCUT2D eigenvalue weighted by molar-refractivity contribution is -0.140. The third-order valence-corrected chi connectivity index (χ3v) is 6.96. The first-order valence-corrected chi connectivity index (χ1v) is 12.4. The molecule has 0 bridgehead atoms. The Kier molecular flexibility index (Phi) is 7.51. The van der Waals surface area contributed by atoms with Gasteiger partial charge in [-0.1, -0.05) is 49.6 Å². The van der Waals surface area contributed by atoms with Crippen molar-refractivity contribution < 1.29 is 19.0 Å². The minimum atomic E-state index is -0.270. The van der Waals surface area contributed by atoms with Gasteiger partial charge in [0.1, 0.15) is 6.23 Å². The van der Waals surface area contributed by atoms with Crippen LogP contribution in [0.3, 0.4) is 0 Å². The van der Waals surface area contributed by atoms with Crippen molar-refractivity contribution in [2.24, 2.45) is 5.92 Å². The van der Waals surface area contributed by atoms with Crippen molar-refractivity contribution in [3.8, 4) is 0 Å². The summed E-state index contributed by atoms with van der Waals surface area (Å²) in [7, 11) is 0. The third kappa shape index (κ3) is 5.35. The van der Waals surface area contributed by atoms with Gasteiger partial charge in [0.2, 0.25) is 0 Å². The van der Waals surface area contributed by atoms with Crippen LogP contribution in [-0.2, 0) is 25.6 Å². The van der Waals surface area contributed by atoms with Gasteiger partial charge < -0.3 is 19.1 Å². The highest BCUT2D eigenvalue weighted by Crippen LogP contribution is 2.40. The highest BCUT2D eigenvalue weighted by Gasteiger charge is 2.54. The van der Waals surface area contributed by atoms with Gasteiger partial charge in [-0.2, -0.15) is 11.8 Å². The highest BCUT2D eigenvalue weighted by atomic mass is 32.2. The molecule has 4 rings (SSSR count). The monoisotopic (exact) mass is 419 g/mol. The van der Waals surface area contributed by atoms with Crippen LogP contribution >= 0.6 is 11.8 Å². The average Bonchev–Trinajstić information content (AvgIpc) is 3.47. The number of amides is 1. The Hall–Kier alpha value is -1.08. The van der Waals surface area contributed by atoms with Gasteiger partial charge in [-0.3, -0.25) is 4.79 Å². The van der Waals surface area contributed by atoms with E-state index in [0.29, 0.717) is 25.7 Å². The number of ether oxygens (including phenoxy) is 3. The molecule has 2 aliphatic heterocycles. The molecule has 1 saturated carbocycles. The Morgan fingerprint density at radius 3 is 2.76 bits per heavy atom. The largest absolute Gasteiger partial charge is 0.375 e. The zero-order valence-electron chi connectivity index (χ0n) is 17.3. The maximum Gasteiger partial charge on any atom is 0.256 e. The maximum absolute atomic E-state index is 13.3. The SMILES string of the molecule is CSCC[C@@H]1OC[C@H](COCc2ccccc2)N1C(=O)[C@@H]1O[C@H]1C1CCCCC1. The van der Waals surface area contributed by atoms with Crippen LogP contribution in [0.5, 0.6) is 0 Å². The van der Waals surface area contributed by atoms with Gasteiger partial charge >= 0.3 is 0 Å². The lowest BCUT2D eigenvalue weighted by Gasteiger charge is -2.28. The van der Waals surface area contributed by atoms with E-state index in [2.05, 4.69) is 18.4 Å². The molecule has 0 unspecified atom stereocenters. The van der Waals surface area contributed by atoms with Gasteiger partial charge in [-0.25, -0.2) is 0 Å². The van der Waals surface area contributed by atoms with E-state index in [1.807, 2.05) is 23.1 Å². The lowest BCUT2D eigenvalue weighted by atomic mass is 9.86. The van der Waals surface area contributed by atoms with Crippen LogP contribution in [0.1, 0.15) is 44.1 Å². The summed E-state index contributed by atoms with van der Waals surface area (Å²) < 4.78 is 17.9. The predicted octanol–water partition coefficient (Wildman–Crippen LogP) is 3.86. The number of carbonyl (C=O) groups excluding carboxylic acids is 1. The molecule has 2 heterocycles. The predicted molar refractivity (Wildman–Crippen MR) is 115 cm³/mol. The number of hydrogen-bond acceptors (Lipinski definition) is 5. The van der Waals surface area contributed by atoms with E-state index in [1.54, 1.807) is 11.8 Å². The summed E-state index contributed by atoms with van der Waals surface area (Å²) in [6.07, 6.45) is 8.89. The van der Waals surface area contributed by atoms with Crippen molar-refractivity contribution in [1.29, 1.82) is 0 Å². The van der Waals surface area contributed by atoms with E-state index < -0.39 is 0 Å². The highest BCUT2D eigenvalue weighted by molar-refractivity contribution is 7.98. The second-order valence-electron chi connectivity index (χ2n) is 8.39. The first-order valence-electron chi connectivity index (χ1n) is 11.0. The fraction of sp³-hybridized carbons (Fsp3) is 0.696. The van der Waals surface area contributed by atoms with E-state index in [9.17, 15) is 4.79 Å². The molecule has 0 N–H and O–H groups in total. The second kappa shape index (κ2) is 10.3. The van der Waals surface area contributed by atoms with Crippen LogP contribution in [0.4, 0.5) is 0 Å². The van der Waals surface area contributed by atoms with Crippen LogP contribution in [0.25, 0.3) is 0 Å². The maximum atomic E-state index is 13.3. The number of epoxide rings is 1. The van der Waals surface area contributed by atoms with Gasteiger partial charge in [0.25, 0.3) is 5.91 Å². The molecule has 1 aromatic rings. The van der Waals surface area contributed by atoms with Crippen LogP contribution in [-0.4, -0.2) is 60.5 Å². The van der Waals surface area contributed by atoms with Crippen molar-refractivity contribution >= 4 is 17.7 Å². The van der Waals surface area contributed by atoms with Gasteiger partial charge in [-0.15, -0.1) is 0 Å². The van der Waals surface area contributed by atoms with E-state index in [-0.39, 0.29) is 30.4 Å². The van der Waals surface area contributed by atoms with Crippen molar-refractivity contribution in [3.05, 3.63) is 35.9 Å². The lowest BCUT2D eigenvalue weighted by Crippen LogP contribution is -2.47. The molecule has 160 valence electrons. The standard InChI is InChI=1S/C23H33NO4S/c1-29-13-12-20-24(23(25)22-21(28-22)18-10-6-3-7-11-18)19(16-27-20)15-26-14-17-8-4-2-5-9-17/h2,4-5,8-9,18-22H,3,6-7,10-16H2,1H3/t19-,20-,21-,22+/m0/s1. The Morgan fingerprint density at radius 2 is 2.00 bits per heavy atom. The number of hydrogen-bond donors (Lipinski definition) is 0. The van der Waals surface area contributed by atoms with Crippen LogP contribution in [0, 0.1) is 5.92 Å². The summed E-state index contributed by atoms with van der Waals surface area (Å²) in [6.45, 7) is 1.59. The molecule has 1 amide bonds. The van der Waals surface area contributed by atoms with Gasteiger partial charge in [-0.05, 0) is 36.3 Å². The van der Waals surface area contributed by atoms with Crippen molar-refractivity contribution in [3.63, 3.8) is 0 Å². The summed E-state index contributed by atoms with van der Waals surface area (Å²) >= 11 is 1.79. The van der Waals surface area contributed by atoms with Crippen LogP contribution in [0.2, 0.25) is 0 Å². The van der Waals surface area contributed by atoms with E-state index in [4.69, 9.17) is 14.2 Å². The number of thioether (sulfide) groups is 1. The quantitative estimate of drug-likeness (QED) is 0.569. The zero-order valence-corrected chi connectivity index (χ0v) is 18.1. The molecular formula is C23H33NO4S. The summed E-state index contributed by atoms with van der Waals surface area (Å²) in [6, 6.07) is 10.1. The minimum Gasteiger partial charge on any atom is -0.375 e. The smallest absolute Gasteiger partial charge is 0.256 e. The van der Waals surface area contributed by atoms with Crippen LogP contribution < -0.4 is 0 Å². The summed E-state index contributed by atoms with van der Waals surface area (Å²) in [5, 5.41) is 0. The molecule has 4 atom stereocenters. The van der Waals surface area contributed by atoms with Crippen LogP contribution in [0.15, 0.2) is 30.3 Å². The Morgan fingerprint density at radius 1 is 1.21 bits per heavy atom. The summed E-state index contributed by atoms with van der Waals surface area (Å²) in [5.74, 6) is 1.64. The fourth-order valence-corrected chi connectivity index (χ4v) is 5.12.